The van der Waals surface area contributed by atoms with Crippen molar-refractivity contribution in [2.75, 3.05) is 0 Å². The molecular weight excluding hydrogens is 327 g/mol. The number of benzene rings is 2. The zero-order chi connectivity index (χ0) is 8.55. The van der Waals surface area contributed by atoms with Gasteiger partial charge in [0.1, 0.15) is 0 Å². The normalized spacial score (nSPS) is 10.5. The Balaban J connectivity index is 2.79. The Morgan fingerprint density at radius 1 is 0.917 bits per heavy atom. The molecule has 0 amide bonds. The molecule has 0 fully saturated rings. The fourth-order valence-electron chi connectivity index (χ4n) is 1.19. The van der Waals surface area contributed by atoms with Crippen molar-refractivity contribution in [3.63, 3.8) is 0 Å². The summed E-state index contributed by atoms with van der Waals surface area (Å²) in [6, 6.07) is 12.8. The van der Waals surface area contributed by atoms with Crippen LogP contribution < -0.4 is 0 Å². The molecule has 0 N–H and O–H groups in total. The summed E-state index contributed by atoms with van der Waals surface area (Å²) in [6.07, 6.45) is 0. The van der Waals surface area contributed by atoms with Gasteiger partial charge in [0.2, 0.25) is 0 Å². The van der Waals surface area contributed by atoms with Crippen LogP contribution in [0.4, 0.5) is 0 Å². The standard InChI is InChI=1S/C10H6BrI/c11-9-3-1-8-6-10(12)4-2-7(8)5-9/h1-6H. The molecule has 0 spiro atoms. The van der Waals surface area contributed by atoms with Crippen LogP contribution >= 0.6 is 38.5 Å². The maximum absolute atomic E-state index is 3.45. The van der Waals surface area contributed by atoms with E-state index >= 15 is 0 Å². The average Bonchev–Trinajstić information content (AvgIpc) is 2.05. The number of fused-ring (bicyclic) bond motifs is 1. The van der Waals surface area contributed by atoms with Gasteiger partial charge in [0, 0.05) is 8.04 Å². The van der Waals surface area contributed by atoms with Gasteiger partial charge in [-0.1, -0.05) is 28.1 Å². The zero-order valence-corrected chi connectivity index (χ0v) is 9.96. The topological polar surface area (TPSA) is 0 Å². The molecule has 60 valence electrons. The van der Waals surface area contributed by atoms with E-state index in [4.69, 9.17) is 0 Å². The zero-order valence-electron chi connectivity index (χ0n) is 6.22. The van der Waals surface area contributed by atoms with Crippen molar-refractivity contribution < 1.29 is 0 Å². The molecule has 2 aromatic rings. The monoisotopic (exact) mass is 332 g/mol. The van der Waals surface area contributed by atoms with Crippen LogP contribution in [0.25, 0.3) is 10.8 Å². The van der Waals surface area contributed by atoms with Gasteiger partial charge >= 0.3 is 0 Å². The molecule has 0 saturated heterocycles. The van der Waals surface area contributed by atoms with Gasteiger partial charge in [-0.3, -0.25) is 0 Å². The molecule has 12 heavy (non-hydrogen) atoms. The first-order valence-corrected chi connectivity index (χ1v) is 5.48. The van der Waals surface area contributed by atoms with Crippen molar-refractivity contribution in [2.24, 2.45) is 0 Å². The number of halogens is 2. The molecule has 0 radical (unpaired) electrons. The van der Waals surface area contributed by atoms with Gasteiger partial charge in [0.05, 0.1) is 0 Å². The average molecular weight is 333 g/mol. The minimum absolute atomic E-state index is 1.14. The second-order valence-corrected chi connectivity index (χ2v) is 4.80. The highest BCUT2D eigenvalue weighted by Gasteiger charge is 1.94. The van der Waals surface area contributed by atoms with Crippen LogP contribution in [-0.4, -0.2) is 0 Å². The van der Waals surface area contributed by atoms with Crippen molar-refractivity contribution in [1.82, 2.24) is 0 Å². The van der Waals surface area contributed by atoms with Gasteiger partial charge in [-0.2, -0.15) is 0 Å². The van der Waals surface area contributed by atoms with Crippen molar-refractivity contribution in [1.29, 1.82) is 0 Å². The largest absolute Gasteiger partial charge is 0.0533 e. The van der Waals surface area contributed by atoms with Crippen LogP contribution in [0, 0.1) is 3.57 Å². The van der Waals surface area contributed by atoms with E-state index in [-0.39, 0.29) is 0 Å². The van der Waals surface area contributed by atoms with Crippen LogP contribution in [-0.2, 0) is 0 Å². The van der Waals surface area contributed by atoms with E-state index in [0.717, 1.165) is 4.47 Å². The third-order valence-electron chi connectivity index (χ3n) is 1.76. The molecule has 0 aliphatic heterocycles. The molecule has 0 aromatic heterocycles. The van der Waals surface area contributed by atoms with Crippen LogP contribution in [0.2, 0.25) is 0 Å². The highest BCUT2D eigenvalue weighted by atomic mass is 127. The van der Waals surface area contributed by atoms with Crippen molar-refractivity contribution in [3.05, 3.63) is 44.4 Å². The molecule has 0 aliphatic carbocycles. The third-order valence-corrected chi connectivity index (χ3v) is 2.93. The Labute approximate surface area is 93.2 Å². The lowest BCUT2D eigenvalue weighted by Crippen LogP contribution is -1.74. The summed E-state index contributed by atoms with van der Waals surface area (Å²) in [5.74, 6) is 0. The second kappa shape index (κ2) is 3.34. The molecule has 0 nitrogen and oxygen atoms in total. The first-order chi connectivity index (χ1) is 5.75. The van der Waals surface area contributed by atoms with E-state index in [2.05, 4.69) is 74.9 Å². The Hall–Kier alpha value is -0.0900. The maximum Gasteiger partial charge on any atom is 0.0181 e. The van der Waals surface area contributed by atoms with E-state index < -0.39 is 0 Å². The quantitative estimate of drug-likeness (QED) is 0.634. The summed E-state index contributed by atoms with van der Waals surface area (Å²) in [5.41, 5.74) is 0. The number of hydrogen-bond donors (Lipinski definition) is 0. The highest BCUT2D eigenvalue weighted by molar-refractivity contribution is 14.1. The second-order valence-electron chi connectivity index (χ2n) is 2.64. The van der Waals surface area contributed by atoms with Crippen LogP contribution in [0.3, 0.4) is 0 Å². The minimum Gasteiger partial charge on any atom is -0.0533 e. The molecule has 0 saturated carbocycles. The lowest BCUT2D eigenvalue weighted by Gasteiger charge is -1.98. The van der Waals surface area contributed by atoms with Crippen molar-refractivity contribution in [2.45, 2.75) is 0 Å². The first kappa shape index (κ1) is 8.51. The van der Waals surface area contributed by atoms with E-state index in [1.54, 1.807) is 0 Å². The summed E-state index contributed by atoms with van der Waals surface area (Å²) in [6.45, 7) is 0. The molecule has 0 heterocycles. The summed E-state index contributed by atoms with van der Waals surface area (Å²) < 4.78 is 2.42. The fraction of sp³-hybridized carbons (Fsp3) is 0. The molecule has 2 heteroatoms. The smallest absolute Gasteiger partial charge is 0.0181 e. The lowest BCUT2D eigenvalue weighted by atomic mass is 10.1. The Morgan fingerprint density at radius 2 is 1.58 bits per heavy atom. The third kappa shape index (κ3) is 1.64. The fourth-order valence-corrected chi connectivity index (χ4v) is 2.08. The van der Waals surface area contributed by atoms with Gasteiger partial charge in [0.25, 0.3) is 0 Å². The Morgan fingerprint density at radius 3 is 2.42 bits per heavy atom. The lowest BCUT2D eigenvalue weighted by molar-refractivity contribution is 1.67. The Bertz CT molecular complexity index is 382. The molecule has 0 unspecified atom stereocenters. The molecule has 2 aromatic carbocycles. The number of hydrogen-bond acceptors (Lipinski definition) is 0. The highest BCUT2D eigenvalue weighted by Crippen LogP contribution is 2.21. The first-order valence-electron chi connectivity index (χ1n) is 3.60. The SMILES string of the molecule is Brc1ccc2cc(I)ccc2c1. The predicted octanol–water partition coefficient (Wildman–Crippen LogP) is 4.21. The van der Waals surface area contributed by atoms with Gasteiger partial charge < -0.3 is 0 Å². The van der Waals surface area contributed by atoms with E-state index in [1.165, 1.54) is 14.3 Å². The summed E-state index contributed by atoms with van der Waals surface area (Å²) in [7, 11) is 0. The van der Waals surface area contributed by atoms with Crippen LogP contribution in [0.15, 0.2) is 40.9 Å². The summed E-state index contributed by atoms with van der Waals surface area (Å²) >= 11 is 5.77. The van der Waals surface area contributed by atoms with E-state index in [9.17, 15) is 0 Å². The molecule has 0 atom stereocenters. The minimum atomic E-state index is 1.14. The van der Waals surface area contributed by atoms with Crippen molar-refractivity contribution in [3.8, 4) is 0 Å². The van der Waals surface area contributed by atoms with Gasteiger partial charge in [-0.05, 0) is 57.6 Å². The van der Waals surface area contributed by atoms with Crippen molar-refractivity contribution >= 4 is 49.3 Å². The Kier molecular flexibility index (Phi) is 2.37. The van der Waals surface area contributed by atoms with Crippen LogP contribution in [0.1, 0.15) is 0 Å². The summed E-state index contributed by atoms with van der Waals surface area (Å²) in [4.78, 5) is 0. The molecular formula is C10H6BrI. The van der Waals surface area contributed by atoms with Gasteiger partial charge in [0.15, 0.2) is 0 Å². The summed E-state index contributed by atoms with van der Waals surface area (Å²) in [5, 5.41) is 2.58. The maximum atomic E-state index is 3.45. The van der Waals surface area contributed by atoms with E-state index in [0.29, 0.717) is 0 Å². The van der Waals surface area contributed by atoms with Gasteiger partial charge in [-0.15, -0.1) is 0 Å². The number of rotatable bonds is 0. The molecule has 2 rings (SSSR count). The van der Waals surface area contributed by atoms with Gasteiger partial charge in [-0.25, -0.2) is 0 Å². The van der Waals surface area contributed by atoms with E-state index in [1.807, 2.05) is 0 Å². The molecule has 0 aliphatic rings. The van der Waals surface area contributed by atoms with Crippen LogP contribution in [0.5, 0.6) is 0 Å². The predicted molar refractivity (Wildman–Crippen MR) is 64.4 cm³/mol. The molecule has 0 bridgehead atoms.